The first-order valence-electron chi connectivity index (χ1n) is 20.2. The van der Waals surface area contributed by atoms with Crippen LogP contribution < -0.4 is 5.32 Å². The second kappa shape index (κ2) is 38.4. The van der Waals surface area contributed by atoms with Crippen molar-refractivity contribution in [2.45, 2.75) is 161 Å². The summed E-state index contributed by atoms with van der Waals surface area (Å²) in [4.78, 5) is 35.0. The Hall–Kier alpha value is -2.29. The summed E-state index contributed by atoms with van der Waals surface area (Å²) in [7, 11) is -2.66. The lowest BCUT2D eigenvalue weighted by Gasteiger charge is -2.20. The maximum absolute atomic E-state index is 12.6. The molecule has 0 saturated heterocycles. The smallest absolute Gasteiger partial charge is 0.462 e. The number of carbonyl (C=O) groups excluding carboxylic acids is 2. The first-order valence-corrected chi connectivity index (χ1v) is 21.7. The Morgan fingerprint density at radius 1 is 0.615 bits per heavy atom. The maximum Gasteiger partial charge on any atom is 0.472 e. The predicted molar refractivity (Wildman–Crippen MR) is 215 cm³/mol. The van der Waals surface area contributed by atoms with Gasteiger partial charge >= 0.3 is 19.8 Å². The minimum absolute atomic E-state index is 0.0260. The molecule has 0 aromatic heterocycles. The van der Waals surface area contributed by atoms with Gasteiger partial charge in [-0.3, -0.25) is 18.6 Å². The number of carbonyl (C=O) groups is 2. The fraction of sp³-hybridized carbons (Fsp3) is 0.714. The highest BCUT2D eigenvalue weighted by atomic mass is 31.2. The molecule has 0 radical (unpaired) electrons. The van der Waals surface area contributed by atoms with Crippen molar-refractivity contribution in [3.8, 4) is 0 Å². The Balaban J connectivity index is 4.34. The predicted octanol–water partition coefficient (Wildman–Crippen LogP) is 11.2. The van der Waals surface area contributed by atoms with Gasteiger partial charge in [0.2, 0.25) is 0 Å². The molecule has 2 atom stereocenters. The van der Waals surface area contributed by atoms with Crippen LogP contribution in [0, 0.1) is 0 Å². The van der Waals surface area contributed by atoms with Crippen LogP contribution in [0.1, 0.15) is 155 Å². The molecule has 0 saturated carbocycles. The van der Waals surface area contributed by atoms with Crippen molar-refractivity contribution in [1.82, 2.24) is 5.32 Å². The van der Waals surface area contributed by atoms with Gasteiger partial charge in [-0.2, -0.15) is 0 Å². The van der Waals surface area contributed by atoms with Crippen LogP contribution in [0.4, 0.5) is 0 Å². The van der Waals surface area contributed by atoms with Crippen molar-refractivity contribution in [2.75, 3.05) is 33.4 Å². The Morgan fingerprint density at radius 3 is 1.65 bits per heavy atom. The van der Waals surface area contributed by atoms with Gasteiger partial charge in [0, 0.05) is 19.4 Å². The highest BCUT2D eigenvalue weighted by molar-refractivity contribution is 7.47. The molecule has 2 unspecified atom stereocenters. The van der Waals surface area contributed by atoms with Gasteiger partial charge in [-0.1, -0.05) is 126 Å². The zero-order valence-corrected chi connectivity index (χ0v) is 33.9. The average Bonchev–Trinajstić information content (AvgIpc) is 3.12. The third kappa shape index (κ3) is 37.5. The number of rotatable bonds is 37. The number of hydrogen-bond donors (Lipinski definition) is 2. The SMILES string of the molecule is CC/C=C\C/C=C\C/C=C\C/C=C\CCCCCCC(=O)OC(COC(=O)CCCCCCC/C=C\CCCCCC)COP(=O)(O)OCCNC. The van der Waals surface area contributed by atoms with Crippen molar-refractivity contribution in [3.63, 3.8) is 0 Å². The number of unbranched alkanes of at least 4 members (excludes halogenated alkanes) is 13. The zero-order valence-electron chi connectivity index (χ0n) is 33.0. The minimum Gasteiger partial charge on any atom is -0.462 e. The van der Waals surface area contributed by atoms with Crippen LogP contribution in [0.15, 0.2) is 60.8 Å². The van der Waals surface area contributed by atoms with Gasteiger partial charge in [0.1, 0.15) is 6.61 Å². The molecule has 0 aliphatic heterocycles. The summed E-state index contributed by atoms with van der Waals surface area (Å²) in [5.41, 5.74) is 0. The van der Waals surface area contributed by atoms with E-state index in [0.29, 0.717) is 13.0 Å². The molecule has 9 nitrogen and oxygen atoms in total. The van der Waals surface area contributed by atoms with E-state index in [2.05, 4.69) is 79.9 Å². The van der Waals surface area contributed by atoms with Gasteiger partial charge in [0.25, 0.3) is 0 Å². The molecule has 2 N–H and O–H groups in total. The normalized spacial score (nSPS) is 14.0. The largest absolute Gasteiger partial charge is 0.472 e. The van der Waals surface area contributed by atoms with Crippen LogP contribution in [0.3, 0.4) is 0 Å². The number of likely N-dealkylation sites (N-methyl/N-ethyl adjacent to an activating group) is 1. The molecular weight excluding hydrogens is 677 g/mol. The second-order valence-corrected chi connectivity index (χ2v) is 14.5. The molecule has 52 heavy (non-hydrogen) atoms. The molecule has 300 valence electrons. The zero-order chi connectivity index (χ0) is 38.2. The lowest BCUT2D eigenvalue weighted by molar-refractivity contribution is -0.161. The number of ether oxygens (including phenoxy) is 2. The van der Waals surface area contributed by atoms with Gasteiger partial charge < -0.3 is 19.7 Å². The Labute approximate surface area is 317 Å². The number of hydrogen-bond acceptors (Lipinski definition) is 8. The van der Waals surface area contributed by atoms with Gasteiger partial charge in [0.05, 0.1) is 13.2 Å². The molecule has 0 rings (SSSR count). The number of allylic oxidation sites excluding steroid dienone is 10. The minimum atomic E-state index is -4.36. The molecular formula is C42H74NO8P. The lowest BCUT2D eigenvalue weighted by atomic mass is 10.1. The van der Waals surface area contributed by atoms with Gasteiger partial charge in [-0.15, -0.1) is 0 Å². The number of nitrogens with one attached hydrogen (secondary N) is 1. The highest BCUT2D eigenvalue weighted by Gasteiger charge is 2.26. The van der Waals surface area contributed by atoms with Crippen molar-refractivity contribution in [1.29, 1.82) is 0 Å². The molecule has 10 heteroatoms. The average molecular weight is 752 g/mol. The van der Waals surface area contributed by atoms with Crippen molar-refractivity contribution < 1.29 is 37.6 Å². The van der Waals surface area contributed by atoms with E-state index in [1.165, 1.54) is 32.1 Å². The molecule has 0 aromatic carbocycles. The van der Waals surface area contributed by atoms with Crippen LogP contribution in [0.5, 0.6) is 0 Å². The third-order valence-electron chi connectivity index (χ3n) is 8.12. The summed E-state index contributed by atoms with van der Waals surface area (Å²) in [6.45, 7) is 4.04. The highest BCUT2D eigenvalue weighted by Crippen LogP contribution is 2.43. The Kier molecular flexibility index (Phi) is 36.7. The van der Waals surface area contributed by atoms with E-state index in [0.717, 1.165) is 89.9 Å². The van der Waals surface area contributed by atoms with Crippen molar-refractivity contribution in [3.05, 3.63) is 60.8 Å². The number of phosphoric acid groups is 1. The molecule has 0 amide bonds. The Bertz CT molecular complexity index is 1040. The number of phosphoric ester groups is 1. The fourth-order valence-electron chi connectivity index (χ4n) is 5.07. The van der Waals surface area contributed by atoms with E-state index < -0.39 is 32.5 Å². The summed E-state index contributed by atoms with van der Waals surface area (Å²) >= 11 is 0. The van der Waals surface area contributed by atoms with Crippen LogP contribution in [0.2, 0.25) is 0 Å². The maximum atomic E-state index is 12.6. The molecule has 0 aliphatic rings. The van der Waals surface area contributed by atoms with Gasteiger partial charge in [-0.05, 0) is 84.1 Å². The van der Waals surface area contributed by atoms with Gasteiger partial charge in [-0.25, -0.2) is 4.57 Å². The van der Waals surface area contributed by atoms with Crippen molar-refractivity contribution in [2.24, 2.45) is 0 Å². The van der Waals surface area contributed by atoms with E-state index in [4.69, 9.17) is 18.5 Å². The fourth-order valence-corrected chi connectivity index (χ4v) is 5.82. The summed E-state index contributed by atoms with van der Waals surface area (Å²) in [5, 5.41) is 2.81. The quantitative estimate of drug-likeness (QED) is 0.0276. The molecule has 0 aliphatic carbocycles. The summed E-state index contributed by atoms with van der Waals surface area (Å²) < 4.78 is 33.1. The Morgan fingerprint density at radius 2 is 1.10 bits per heavy atom. The summed E-state index contributed by atoms with van der Waals surface area (Å²) in [5.74, 6) is -0.850. The van der Waals surface area contributed by atoms with E-state index in [9.17, 15) is 19.0 Å². The topological polar surface area (TPSA) is 120 Å². The second-order valence-electron chi connectivity index (χ2n) is 13.1. The lowest BCUT2D eigenvalue weighted by Crippen LogP contribution is -2.29. The van der Waals surface area contributed by atoms with Gasteiger partial charge in [0.15, 0.2) is 6.10 Å². The van der Waals surface area contributed by atoms with Crippen LogP contribution in [-0.4, -0.2) is 56.3 Å². The molecule has 0 spiro atoms. The summed E-state index contributed by atoms with van der Waals surface area (Å²) in [6, 6.07) is 0. The van der Waals surface area contributed by atoms with Crippen LogP contribution in [0.25, 0.3) is 0 Å². The first-order chi connectivity index (χ1) is 25.3. The third-order valence-corrected chi connectivity index (χ3v) is 9.11. The van der Waals surface area contributed by atoms with Crippen LogP contribution in [-0.2, 0) is 32.7 Å². The molecule has 0 bridgehead atoms. The monoisotopic (exact) mass is 752 g/mol. The number of esters is 2. The summed E-state index contributed by atoms with van der Waals surface area (Å²) in [6.07, 6.45) is 42.6. The molecule has 0 fully saturated rings. The van der Waals surface area contributed by atoms with E-state index >= 15 is 0 Å². The molecule has 0 heterocycles. The molecule has 0 aromatic rings. The standard InChI is InChI=1S/C42H74NO8P/c1-4-6-8-10-12-14-16-18-19-20-21-23-25-27-29-31-33-35-42(45)51-40(39-50-52(46,47)49-37-36-43-3)38-48-41(44)34-32-30-28-26-24-22-17-15-13-11-9-7-5-2/h6,8,12,14-15,17-19,21,23,40,43H,4-5,7,9-11,13,16,20,22,24-39H2,1-3H3,(H,46,47)/b8-6-,14-12-,17-15-,19-18-,23-21-. The van der Waals surface area contributed by atoms with E-state index in [1.54, 1.807) is 7.05 Å². The van der Waals surface area contributed by atoms with E-state index in [-0.39, 0.29) is 26.1 Å². The van der Waals surface area contributed by atoms with E-state index in [1.807, 2.05) is 0 Å². The van der Waals surface area contributed by atoms with Crippen LogP contribution >= 0.6 is 7.82 Å². The van der Waals surface area contributed by atoms with Crippen molar-refractivity contribution >= 4 is 19.8 Å². The first kappa shape index (κ1) is 49.7.